The maximum Gasteiger partial charge on any atom is 0.416 e. The maximum absolute atomic E-state index is 12.4. The molecule has 0 saturated carbocycles. The first kappa shape index (κ1) is 12.4. The van der Waals surface area contributed by atoms with Crippen molar-refractivity contribution in [1.29, 1.82) is 5.26 Å². The van der Waals surface area contributed by atoms with Crippen molar-refractivity contribution in [2.75, 3.05) is 18.5 Å². The Bertz CT molecular complexity index is 418. The second-order valence-electron chi connectivity index (χ2n) is 3.36. The van der Waals surface area contributed by atoms with Crippen molar-refractivity contribution in [3.8, 4) is 6.07 Å². The maximum atomic E-state index is 12.4. The highest BCUT2D eigenvalue weighted by molar-refractivity contribution is 5.60. The lowest BCUT2D eigenvalue weighted by Gasteiger charge is -2.19. The van der Waals surface area contributed by atoms with E-state index < -0.39 is 11.7 Å². The molecule has 0 aliphatic carbocycles. The second-order valence-corrected chi connectivity index (χ2v) is 3.36. The highest BCUT2D eigenvalue weighted by atomic mass is 19.4. The van der Waals surface area contributed by atoms with Crippen molar-refractivity contribution >= 4 is 5.69 Å². The van der Waals surface area contributed by atoms with Crippen LogP contribution in [0.3, 0.4) is 0 Å². The van der Waals surface area contributed by atoms with Gasteiger partial charge in [-0.05, 0) is 25.1 Å². The summed E-state index contributed by atoms with van der Waals surface area (Å²) < 4.78 is 37.2. The number of nitriles is 1. The summed E-state index contributed by atoms with van der Waals surface area (Å²) in [6.07, 6.45) is -4.41. The number of anilines is 1. The number of rotatable bonds is 2. The molecule has 0 aromatic heterocycles. The topological polar surface area (TPSA) is 27.0 Å². The highest BCUT2D eigenvalue weighted by Crippen LogP contribution is 2.32. The molecule has 0 unspecified atom stereocenters. The lowest BCUT2D eigenvalue weighted by molar-refractivity contribution is -0.137. The number of halogens is 3. The van der Waals surface area contributed by atoms with E-state index in [0.29, 0.717) is 12.2 Å². The smallest absolute Gasteiger partial charge is 0.374 e. The molecule has 0 saturated heterocycles. The normalized spacial score (nSPS) is 11.0. The summed E-state index contributed by atoms with van der Waals surface area (Å²) in [7, 11) is 1.73. The SMILES string of the molecule is CCN(C)c1ccc(C(F)(F)F)cc1C#N. The van der Waals surface area contributed by atoms with E-state index in [1.807, 2.05) is 6.92 Å². The fraction of sp³-hybridized carbons (Fsp3) is 0.364. The van der Waals surface area contributed by atoms with Crippen molar-refractivity contribution in [3.63, 3.8) is 0 Å². The summed E-state index contributed by atoms with van der Waals surface area (Å²) >= 11 is 0. The zero-order valence-corrected chi connectivity index (χ0v) is 8.97. The molecule has 0 aliphatic heterocycles. The first-order valence-corrected chi connectivity index (χ1v) is 4.72. The fourth-order valence-corrected chi connectivity index (χ4v) is 1.31. The molecule has 0 aliphatic rings. The number of alkyl halides is 3. The van der Waals surface area contributed by atoms with Crippen LogP contribution >= 0.6 is 0 Å². The van der Waals surface area contributed by atoms with Crippen LogP contribution in [0.4, 0.5) is 18.9 Å². The Morgan fingerprint density at radius 1 is 1.38 bits per heavy atom. The van der Waals surface area contributed by atoms with E-state index in [-0.39, 0.29) is 5.56 Å². The van der Waals surface area contributed by atoms with Gasteiger partial charge in [0.2, 0.25) is 0 Å². The molecule has 0 atom stereocenters. The van der Waals surface area contributed by atoms with Crippen LogP contribution in [0.5, 0.6) is 0 Å². The monoisotopic (exact) mass is 228 g/mol. The standard InChI is InChI=1S/C11H11F3N2/c1-3-16(2)10-5-4-9(11(12,13)14)6-8(10)7-15/h4-6H,3H2,1-2H3. The lowest BCUT2D eigenvalue weighted by Crippen LogP contribution is -2.17. The van der Waals surface area contributed by atoms with Crippen LogP contribution in [-0.2, 0) is 6.18 Å². The van der Waals surface area contributed by atoms with Gasteiger partial charge in [-0.2, -0.15) is 18.4 Å². The molecule has 0 fully saturated rings. The van der Waals surface area contributed by atoms with Gasteiger partial charge < -0.3 is 4.90 Å². The van der Waals surface area contributed by atoms with Gasteiger partial charge in [-0.25, -0.2) is 0 Å². The second kappa shape index (κ2) is 4.44. The fourth-order valence-electron chi connectivity index (χ4n) is 1.31. The van der Waals surface area contributed by atoms with Crippen LogP contribution in [0, 0.1) is 11.3 Å². The van der Waals surface area contributed by atoms with Crippen LogP contribution < -0.4 is 4.90 Å². The number of hydrogen-bond donors (Lipinski definition) is 0. The molecular weight excluding hydrogens is 217 g/mol. The van der Waals surface area contributed by atoms with E-state index in [2.05, 4.69) is 0 Å². The zero-order valence-electron chi connectivity index (χ0n) is 8.97. The Morgan fingerprint density at radius 2 is 2.00 bits per heavy atom. The Labute approximate surface area is 91.9 Å². The van der Waals surface area contributed by atoms with Crippen LogP contribution in [0.1, 0.15) is 18.1 Å². The number of benzene rings is 1. The van der Waals surface area contributed by atoms with Gasteiger partial charge in [0.25, 0.3) is 0 Å². The van der Waals surface area contributed by atoms with Crippen molar-refractivity contribution < 1.29 is 13.2 Å². The van der Waals surface area contributed by atoms with Gasteiger partial charge in [0.1, 0.15) is 6.07 Å². The average Bonchev–Trinajstić information content (AvgIpc) is 2.26. The van der Waals surface area contributed by atoms with Crippen molar-refractivity contribution in [3.05, 3.63) is 29.3 Å². The van der Waals surface area contributed by atoms with Crippen LogP contribution in [-0.4, -0.2) is 13.6 Å². The Balaban J connectivity index is 3.24. The van der Waals surface area contributed by atoms with Gasteiger partial charge in [-0.3, -0.25) is 0 Å². The summed E-state index contributed by atoms with van der Waals surface area (Å²) in [5.74, 6) is 0. The average molecular weight is 228 g/mol. The van der Waals surface area contributed by atoms with Crippen molar-refractivity contribution in [2.45, 2.75) is 13.1 Å². The largest absolute Gasteiger partial charge is 0.416 e. The summed E-state index contributed by atoms with van der Waals surface area (Å²) in [6.45, 7) is 2.48. The Hall–Kier alpha value is -1.70. The molecule has 5 heteroatoms. The zero-order chi connectivity index (χ0) is 12.3. The third kappa shape index (κ3) is 2.45. The molecule has 2 nitrogen and oxygen atoms in total. The first-order valence-electron chi connectivity index (χ1n) is 4.72. The molecule has 1 aromatic rings. The molecule has 86 valence electrons. The minimum Gasteiger partial charge on any atom is -0.374 e. The predicted octanol–water partition coefficient (Wildman–Crippen LogP) is 3.03. The van der Waals surface area contributed by atoms with E-state index >= 15 is 0 Å². The molecule has 0 N–H and O–H groups in total. The quantitative estimate of drug-likeness (QED) is 0.777. The van der Waals surface area contributed by atoms with Gasteiger partial charge in [-0.1, -0.05) is 0 Å². The number of nitrogens with zero attached hydrogens (tertiary/aromatic N) is 2. The molecule has 0 amide bonds. The van der Waals surface area contributed by atoms with Crippen molar-refractivity contribution in [2.24, 2.45) is 0 Å². The summed E-state index contributed by atoms with van der Waals surface area (Å²) in [6, 6.07) is 4.97. The van der Waals surface area contributed by atoms with E-state index in [9.17, 15) is 13.2 Å². The van der Waals surface area contributed by atoms with Gasteiger partial charge in [0, 0.05) is 13.6 Å². The predicted molar refractivity (Wildman–Crippen MR) is 55.1 cm³/mol. The van der Waals surface area contributed by atoms with Crippen molar-refractivity contribution in [1.82, 2.24) is 0 Å². The Kier molecular flexibility index (Phi) is 3.43. The number of hydrogen-bond acceptors (Lipinski definition) is 2. The van der Waals surface area contributed by atoms with Gasteiger partial charge in [-0.15, -0.1) is 0 Å². The minimum absolute atomic E-state index is 0.0409. The third-order valence-corrected chi connectivity index (χ3v) is 2.33. The molecule has 1 rings (SSSR count). The highest BCUT2D eigenvalue weighted by Gasteiger charge is 2.31. The minimum atomic E-state index is -4.41. The van der Waals surface area contributed by atoms with Crippen LogP contribution in [0.2, 0.25) is 0 Å². The molecule has 0 radical (unpaired) electrons. The molecule has 16 heavy (non-hydrogen) atoms. The van der Waals surface area contributed by atoms with E-state index in [4.69, 9.17) is 5.26 Å². The third-order valence-electron chi connectivity index (χ3n) is 2.33. The molecule has 0 heterocycles. The first-order chi connectivity index (χ1) is 7.40. The van der Waals surface area contributed by atoms with E-state index in [0.717, 1.165) is 12.1 Å². The Morgan fingerprint density at radius 3 is 2.44 bits per heavy atom. The molecule has 0 spiro atoms. The van der Waals surface area contributed by atoms with Gasteiger partial charge in [0.15, 0.2) is 0 Å². The van der Waals surface area contributed by atoms with Crippen LogP contribution in [0.15, 0.2) is 18.2 Å². The summed E-state index contributed by atoms with van der Waals surface area (Å²) in [4.78, 5) is 1.72. The summed E-state index contributed by atoms with van der Waals surface area (Å²) in [5.41, 5.74) is -0.241. The molecule has 1 aromatic carbocycles. The van der Waals surface area contributed by atoms with Gasteiger partial charge in [0.05, 0.1) is 16.8 Å². The molecule has 0 bridgehead atoms. The lowest BCUT2D eigenvalue weighted by atomic mass is 10.1. The van der Waals surface area contributed by atoms with Crippen LogP contribution in [0.25, 0.3) is 0 Å². The molecular formula is C11H11F3N2. The summed E-state index contributed by atoms with van der Waals surface area (Å²) in [5, 5.41) is 8.81. The van der Waals surface area contributed by atoms with E-state index in [1.165, 1.54) is 6.07 Å². The van der Waals surface area contributed by atoms with E-state index in [1.54, 1.807) is 18.0 Å². The van der Waals surface area contributed by atoms with Gasteiger partial charge >= 0.3 is 6.18 Å².